The van der Waals surface area contributed by atoms with Crippen LogP contribution < -0.4 is 11.2 Å². The van der Waals surface area contributed by atoms with Gasteiger partial charge in [0.2, 0.25) is 0 Å². The zero-order valence-corrected chi connectivity index (χ0v) is 13.0. The fourth-order valence-corrected chi connectivity index (χ4v) is 2.68. The van der Waals surface area contributed by atoms with Gasteiger partial charge in [0.15, 0.2) is 5.82 Å². The van der Waals surface area contributed by atoms with Crippen molar-refractivity contribution in [2.24, 2.45) is 0 Å². The maximum Gasteiger partial charge on any atom is 0.320 e. The molecular weight excluding hydrogens is 273 g/mol. The van der Waals surface area contributed by atoms with Crippen LogP contribution in [0.15, 0.2) is 36.4 Å². The van der Waals surface area contributed by atoms with Gasteiger partial charge in [-0.1, -0.05) is 31.1 Å². The Balaban J connectivity index is 2.23. The second kappa shape index (κ2) is 5.42. The number of rotatable bonds is 2. The molecule has 3 N–H and O–H groups in total. The standard InChI is InChI=1S/C17H18BN3O/c1-10-4-6-13(18(3)22)9-15(10)12-5-7-14-16(8-12)11(2)20-21-17(14)19/h4-9,22H,1-3H3,(H2,19,21). The van der Waals surface area contributed by atoms with E-state index in [2.05, 4.69) is 23.2 Å². The monoisotopic (exact) mass is 291 g/mol. The SMILES string of the molecule is CB(O)c1ccc(C)c(-c2ccc3c(N)nnc(C)c3c2)c1. The van der Waals surface area contributed by atoms with Crippen LogP contribution in [0.1, 0.15) is 11.3 Å². The molecule has 0 spiro atoms. The first-order valence-electron chi connectivity index (χ1n) is 7.29. The quantitative estimate of drug-likeness (QED) is 0.711. The van der Waals surface area contributed by atoms with Gasteiger partial charge in [0.25, 0.3) is 0 Å². The predicted molar refractivity (Wildman–Crippen MR) is 92.3 cm³/mol. The normalized spacial score (nSPS) is 10.9. The molecule has 0 radical (unpaired) electrons. The molecule has 0 saturated carbocycles. The second-order valence-corrected chi connectivity index (χ2v) is 5.68. The average molecular weight is 291 g/mol. The minimum atomic E-state index is -0.483. The maximum absolute atomic E-state index is 9.80. The fourth-order valence-electron chi connectivity index (χ4n) is 2.68. The molecule has 0 fully saturated rings. The molecule has 0 aliphatic heterocycles. The summed E-state index contributed by atoms with van der Waals surface area (Å²) in [4.78, 5) is 0. The zero-order valence-electron chi connectivity index (χ0n) is 13.0. The van der Waals surface area contributed by atoms with E-state index in [-0.39, 0.29) is 0 Å². The largest absolute Gasteiger partial charge is 0.447 e. The molecule has 0 aliphatic carbocycles. The van der Waals surface area contributed by atoms with Crippen LogP contribution >= 0.6 is 0 Å². The Kier molecular flexibility index (Phi) is 3.58. The van der Waals surface area contributed by atoms with E-state index in [1.54, 1.807) is 6.82 Å². The molecule has 0 atom stereocenters. The summed E-state index contributed by atoms with van der Waals surface area (Å²) in [6.45, 7) is 5.28. The summed E-state index contributed by atoms with van der Waals surface area (Å²) >= 11 is 0. The van der Waals surface area contributed by atoms with Crippen molar-refractivity contribution in [2.45, 2.75) is 20.7 Å². The second-order valence-electron chi connectivity index (χ2n) is 5.68. The van der Waals surface area contributed by atoms with Gasteiger partial charge in [-0.25, -0.2) is 0 Å². The van der Waals surface area contributed by atoms with Crippen molar-refractivity contribution in [1.82, 2.24) is 10.2 Å². The molecule has 3 aromatic rings. The number of nitrogens with zero attached hydrogens (tertiary/aromatic N) is 2. The molecule has 0 unspecified atom stereocenters. The van der Waals surface area contributed by atoms with Crippen molar-refractivity contribution in [3.63, 3.8) is 0 Å². The first-order valence-corrected chi connectivity index (χ1v) is 7.29. The number of aromatic nitrogens is 2. The van der Waals surface area contributed by atoms with E-state index in [0.717, 1.165) is 38.6 Å². The number of anilines is 1. The van der Waals surface area contributed by atoms with Crippen LogP contribution in [0, 0.1) is 13.8 Å². The Morgan fingerprint density at radius 3 is 2.50 bits per heavy atom. The molecule has 22 heavy (non-hydrogen) atoms. The summed E-state index contributed by atoms with van der Waals surface area (Å²) in [6, 6.07) is 12.1. The first-order chi connectivity index (χ1) is 10.5. The first kappa shape index (κ1) is 14.5. The van der Waals surface area contributed by atoms with Crippen LogP contribution in [-0.4, -0.2) is 22.1 Å². The highest BCUT2D eigenvalue weighted by atomic mass is 16.2. The summed E-state index contributed by atoms with van der Waals surface area (Å²) in [5.74, 6) is 0.446. The number of hydrogen-bond acceptors (Lipinski definition) is 4. The van der Waals surface area contributed by atoms with E-state index < -0.39 is 6.92 Å². The lowest BCUT2D eigenvalue weighted by atomic mass is 9.64. The van der Waals surface area contributed by atoms with Gasteiger partial charge in [-0.3, -0.25) is 0 Å². The van der Waals surface area contributed by atoms with E-state index in [0.29, 0.717) is 5.82 Å². The summed E-state index contributed by atoms with van der Waals surface area (Å²) < 4.78 is 0. The van der Waals surface area contributed by atoms with E-state index in [9.17, 15) is 5.02 Å². The highest BCUT2D eigenvalue weighted by molar-refractivity contribution is 6.64. The molecule has 110 valence electrons. The third kappa shape index (κ3) is 2.44. The van der Waals surface area contributed by atoms with Crippen LogP contribution in [0.3, 0.4) is 0 Å². The molecular formula is C17H18BN3O. The molecule has 0 bridgehead atoms. The van der Waals surface area contributed by atoms with E-state index in [1.807, 2.05) is 37.3 Å². The van der Waals surface area contributed by atoms with Crippen LogP contribution in [0.5, 0.6) is 0 Å². The number of nitrogen functional groups attached to an aromatic ring is 1. The smallest absolute Gasteiger partial charge is 0.320 e. The zero-order chi connectivity index (χ0) is 15.9. The Bertz CT molecular complexity index is 862. The van der Waals surface area contributed by atoms with Gasteiger partial charge >= 0.3 is 6.92 Å². The Hall–Kier alpha value is -2.40. The molecule has 0 saturated heterocycles. The molecule has 4 nitrogen and oxygen atoms in total. The summed E-state index contributed by atoms with van der Waals surface area (Å²) in [6.07, 6.45) is 0. The van der Waals surface area contributed by atoms with Crippen LogP contribution in [0.25, 0.3) is 21.9 Å². The van der Waals surface area contributed by atoms with Gasteiger partial charge in [0.05, 0.1) is 5.69 Å². The summed E-state index contributed by atoms with van der Waals surface area (Å²) in [7, 11) is 0. The Morgan fingerprint density at radius 1 is 1.00 bits per heavy atom. The van der Waals surface area contributed by atoms with Crippen molar-refractivity contribution in [3.05, 3.63) is 47.7 Å². The average Bonchev–Trinajstić information content (AvgIpc) is 2.51. The number of fused-ring (bicyclic) bond motifs is 1. The summed E-state index contributed by atoms with van der Waals surface area (Å²) in [5.41, 5.74) is 11.0. The lowest BCUT2D eigenvalue weighted by Crippen LogP contribution is -2.26. The number of benzene rings is 2. The molecule has 0 aliphatic rings. The molecule has 0 amide bonds. The topological polar surface area (TPSA) is 72.0 Å². The molecule has 5 heteroatoms. The lowest BCUT2D eigenvalue weighted by molar-refractivity contribution is 0.594. The van der Waals surface area contributed by atoms with Gasteiger partial charge in [-0.05, 0) is 48.1 Å². The third-order valence-corrected chi connectivity index (χ3v) is 4.05. The van der Waals surface area contributed by atoms with Crippen molar-refractivity contribution in [2.75, 3.05) is 5.73 Å². The molecule has 3 rings (SSSR count). The van der Waals surface area contributed by atoms with E-state index >= 15 is 0 Å². The minimum Gasteiger partial charge on any atom is -0.447 e. The van der Waals surface area contributed by atoms with Crippen molar-refractivity contribution >= 4 is 29.0 Å². The van der Waals surface area contributed by atoms with Gasteiger partial charge < -0.3 is 10.8 Å². The molecule has 1 aromatic heterocycles. The van der Waals surface area contributed by atoms with Crippen molar-refractivity contribution in [3.8, 4) is 11.1 Å². The highest BCUT2D eigenvalue weighted by Crippen LogP contribution is 2.29. The third-order valence-electron chi connectivity index (χ3n) is 4.05. The molecule has 1 heterocycles. The molecule has 2 aromatic carbocycles. The van der Waals surface area contributed by atoms with Gasteiger partial charge in [0.1, 0.15) is 0 Å². The van der Waals surface area contributed by atoms with E-state index in [4.69, 9.17) is 5.73 Å². The Morgan fingerprint density at radius 2 is 1.77 bits per heavy atom. The van der Waals surface area contributed by atoms with Crippen LogP contribution in [-0.2, 0) is 0 Å². The number of hydrogen-bond donors (Lipinski definition) is 2. The number of nitrogens with two attached hydrogens (primary N) is 1. The van der Waals surface area contributed by atoms with Gasteiger partial charge in [-0.15, -0.1) is 5.10 Å². The van der Waals surface area contributed by atoms with Crippen molar-refractivity contribution in [1.29, 1.82) is 0 Å². The number of aryl methyl sites for hydroxylation is 2. The fraction of sp³-hybridized carbons (Fsp3) is 0.176. The summed E-state index contributed by atoms with van der Waals surface area (Å²) in [5, 5.41) is 19.8. The Labute approximate surface area is 130 Å². The predicted octanol–water partition coefficient (Wildman–Crippen LogP) is 2.32. The van der Waals surface area contributed by atoms with Gasteiger partial charge in [0, 0.05) is 10.8 Å². The van der Waals surface area contributed by atoms with Crippen molar-refractivity contribution < 1.29 is 5.02 Å². The lowest BCUT2D eigenvalue weighted by Gasteiger charge is -2.11. The maximum atomic E-state index is 9.80. The van der Waals surface area contributed by atoms with Crippen LogP contribution in [0.4, 0.5) is 5.82 Å². The van der Waals surface area contributed by atoms with Gasteiger partial charge in [-0.2, -0.15) is 5.10 Å². The van der Waals surface area contributed by atoms with Crippen LogP contribution in [0.2, 0.25) is 6.82 Å². The van der Waals surface area contributed by atoms with E-state index in [1.165, 1.54) is 0 Å². The highest BCUT2D eigenvalue weighted by Gasteiger charge is 2.11. The minimum absolute atomic E-state index is 0.446.